The number of nitrogens with two attached hydrogens (primary N) is 1. The van der Waals surface area contributed by atoms with E-state index < -0.39 is 0 Å². The summed E-state index contributed by atoms with van der Waals surface area (Å²) in [7, 11) is 0. The summed E-state index contributed by atoms with van der Waals surface area (Å²) in [6.45, 7) is 4.50. The minimum absolute atomic E-state index is 0.213. The minimum Gasteiger partial charge on any atom is -0.399 e. The van der Waals surface area contributed by atoms with Crippen molar-refractivity contribution in [3.05, 3.63) is 24.3 Å². The third-order valence-corrected chi connectivity index (χ3v) is 2.51. The molecule has 0 aliphatic rings. The normalized spacial score (nSPS) is 12.8. The second kappa shape index (κ2) is 5.61. The van der Waals surface area contributed by atoms with E-state index in [1.165, 1.54) is 0 Å². The van der Waals surface area contributed by atoms with E-state index in [0.29, 0.717) is 12.0 Å². The van der Waals surface area contributed by atoms with Crippen molar-refractivity contribution in [2.24, 2.45) is 5.92 Å². The van der Waals surface area contributed by atoms with Crippen molar-refractivity contribution in [2.45, 2.75) is 26.3 Å². The Morgan fingerprint density at radius 1 is 1.27 bits per heavy atom. The summed E-state index contributed by atoms with van der Waals surface area (Å²) >= 11 is 0. The lowest BCUT2D eigenvalue weighted by molar-refractivity contribution is 0.267. The molecule has 1 unspecified atom stereocenters. The molecular formula is C12H20N2O. The summed E-state index contributed by atoms with van der Waals surface area (Å²) in [6, 6.07) is 7.97. The number of hydrogen-bond acceptors (Lipinski definition) is 3. The quantitative estimate of drug-likeness (QED) is 0.649. The lowest BCUT2D eigenvalue weighted by atomic mass is 10.0. The molecule has 0 heterocycles. The molecule has 1 aromatic rings. The predicted octanol–water partition coefficient (Wildman–Crippen LogP) is 2.09. The van der Waals surface area contributed by atoms with Gasteiger partial charge in [-0.25, -0.2) is 0 Å². The highest BCUT2D eigenvalue weighted by Gasteiger charge is 2.11. The van der Waals surface area contributed by atoms with E-state index in [-0.39, 0.29) is 6.61 Å². The van der Waals surface area contributed by atoms with E-state index in [4.69, 9.17) is 10.8 Å². The third kappa shape index (κ3) is 3.80. The van der Waals surface area contributed by atoms with E-state index in [2.05, 4.69) is 19.2 Å². The van der Waals surface area contributed by atoms with Gasteiger partial charge in [-0.1, -0.05) is 13.8 Å². The van der Waals surface area contributed by atoms with Crippen molar-refractivity contribution < 1.29 is 5.11 Å². The van der Waals surface area contributed by atoms with Gasteiger partial charge in [-0.2, -0.15) is 0 Å². The van der Waals surface area contributed by atoms with E-state index >= 15 is 0 Å². The van der Waals surface area contributed by atoms with Gasteiger partial charge in [0.1, 0.15) is 0 Å². The van der Waals surface area contributed by atoms with Crippen LogP contribution < -0.4 is 11.1 Å². The molecule has 0 radical (unpaired) electrons. The number of nitrogen functional groups attached to an aromatic ring is 1. The van der Waals surface area contributed by atoms with Crippen LogP contribution in [-0.2, 0) is 0 Å². The van der Waals surface area contributed by atoms with Gasteiger partial charge < -0.3 is 16.2 Å². The highest BCUT2D eigenvalue weighted by molar-refractivity contribution is 5.51. The van der Waals surface area contributed by atoms with Gasteiger partial charge in [-0.3, -0.25) is 0 Å². The maximum Gasteiger partial charge on any atom is 0.0450 e. The Balaban J connectivity index is 2.61. The molecule has 0 aliphatic heterocycles. The van der Waals surface area contributed by atoms with Crippen molar-refractivity contribution in [2.75, 3.05) is 17.7 Å². The SMILES string of the molecule is CC(C)C(CCO)Nc1ccc(N)cc1. The molecule has 0 saturated heterocycles. The fourth-order valence-corrected chi connectivity index (χ4v) is 1.50. The monoisotopic (exact) mass is 208 g/mol. The Morgan fingerprint density at radius 2 is 1.87 bits per heavy atom. The van der Waals surface area contributed by atoms with Crippen LogP contribution in [0.2, 0.25) is 0 Å². The average molecular weight is 208 g/mol. The van der Waals surface area contributed by atoms with Crippen molar-refractivity contribution >= 4 is 11.4 Å². The van der Waals surface area contributed by atoms with Crippen LogP contribution in [0.5, 0.6) is 0 Å². The molecule has 1 rings (SSSR count). The molecule has 0 fully saturated rings. The zero-order valence-corrected chi connectivity index (χ0v) is 9.40. The molecule has 1 atom stereocenters. The smallest absolute Gasteiger partial charge is 0.0450 e. The molecule has 3 heteroatoms. The Labute approximate surface area is 91.3 Å². The number of nitrogens with one attached hydrogen (secondary N) is 1. The van der Waals surface area contributed by atoms with Crippen LogP contribution in [0.25, 0.3) is 0 Å². The molecule has 84 valence electrons. The van der Waals surface area contributed by atoms with E-state index in [0.717, 1.165) is 17.8 Å². The first-order valence-electron chi connectivity index (χ1n) is 5.36. The van der Waals surface area contributed by atoms with Gasteiger partial charge in [0, 0.05) is 24.0 Å². The second-order valence-electron chi connectivity index (χ2n) is 4.13. The second-order valence-corrected chi connectivity index (χ2v) is 4.13. The molecule has 0 bridgehead atoms. The maximum atomic E-state index is 8.95. The molecule has 3 nitrogen and oxygen atoms in total. The third-order valence-electron chi connectivity index (χ3n) is 2.51. The zero-order valence-electron chi connectivity index (χ0n) is 9.40. The highest BCUT2D eigenvalue weighted by Crippen LogP contribution is 2.16. The van der Waals surface area contributed by atoms with Crippen LogP contribution in [0.4, 0.5) is 11.4 Å². The zero-order chi connectivity index (χ0) is 11.3. The standard InChI is InChI=1S/C12H20N2O/c1-9(2)12(7-8-15)14-11-5-3-10(13)4-6-11/h3-6,9,12,14-15H,7-8,13H2,1-2H3. The summed E-state index contributed by atoms with van der Waals surface area (Å²) in [5, 5.41) is 12.3. The van der Waals surface area contributed by atoms with Crippen LogP contribution in [0, 0.1) is 5.92 Å². The molecule has 0 aliphatic carbocycles. The summed E-state index contributed by atoms with van der Waals surface area (Å²) in [4.78, 5) is 0. The maximum absolute atomic E-state index is 8.95. The van der Waals surface area contributed by atoms with Gasteiger partial charge in [0.15, 0.2) is 0 Å². The van der Waals surface area contributed by atoms with Crippen molar-refractivity contribution in [1.29, 1.82) is 0 Å². The molecule has 0 spiro atoms. The molecular weight excluding hydrogens is 188 g/mol. The van der Waals surface area contributed by atoms with Gasteiger partial charge in [-0.15, -0.1) is 0 Å². The molecule has 15 heavy (non-hydrogen) atoms. The Morgan fingerprint density at radius 3 is 2.33 bits per heavy atom. The molecule has 0 amide bonds. The first-order chi connectivity index (χ1) is 7.13. The number of rotatable bonds is 5. The first kappa shape index (κ1) is 11.9. The van der Waals surface area contributed by atoms with E-state index in [9.17, 15) is 0 Å². The summed E-state index contributed by atoms with van der Waals surface area (Å²) in [5.74, 6) is 0.495. The highest BCUT2D eigenvalue weighted by atomic mass is 16.3. The minimum atomic E-state index is 0.213. The van der Waals surface area contributed by atoms with Gasteiger partial charge in [-0.05, 0) is 36.6 Å². The Kier molecular flexibility index (Phi) is 4.43. The summed E-state index contributed by atoms with van der Waals surface area (Å²) in [5.41, 5.74) is 7.43. The number of aliphatic hydroxyl groups is 1. The number of hydrogen-bond donors (Lipinski definition) is 3. The molecule has 0 saturated carbocycles. The number of anilines is 2. The fraction of sp³-hybridized carbons (Fsp3) is 0.500. The van der Waals surface area contributed by atoms with E-state index in [1.807, 2.05) is 24.3 Å². The lowest BCUT2D eigenvalue weighted by Gasteiger charge is -2.22. The number of benzene rings is 1. The van der Waals surface area contributed by atoms with Crippen LogP contribution in [0.3, 0.4) is 0 Å². The summed E-state index contributed by atoms with van der Waals surface area (Å²) in [6.07, 6.45) is 0.766. The van der Waals surface area contributed by atoms with Gasteiger partial charge >= 0.3 is 0 Å². The van der Waals surface area contributed by atoms with Crippen molar-refractivity contribution in [3.8, 4) is 0 Å². The summed E-state index contributed by atoms with van der Waals surface area (Å²) < 4.78 is 0. The predicted molar refractivity (Wildman–Crippen MR) is 64.8 cm³/mol. The van der Waals surface area contributed by atoms with Gasteiger partial charge in [0.05, 0.1) is 0 Å². The largest absolute Gasteiger partial charge is 0.399 e. The molecule has 4 N–H and O–H groups in total. The van der Waals surface area contributed by atoms with Crippen LogP contribution in [0.1, 0.15) is 20.3 Å². The van der Waals surface area contributed by atoms with Crippen LogP contribution in [0.15, 0.2) is 24.3 Å². The van der Waals surface area contributed by atoms with Gasteiger partial charge in [0.2, 0.25) is 0 Å². The fourth-order valence-electron chi connectivity index (χ4n) is 1.50. The molecule has 0 aromatic heterocycles. The first-order valence-corrected chi connectivity index (χ1v) is 5.36. The van der Waals surface area contributed by atoms with Gasteiger partial charge in [0.25, 0.3) is 0 Å². The average Bonchev–Trinajstić information content (AvgIpc) is 2.20. The van der Waals surface area contributed by atoms with Crippen molar-refractivity contribution in [1.82, 2.24) is 0 Å². The van der Waals surface area contributed by atoms with Crippen LogP contribution >= 0.6 is 0 Å². The topological polar surface area (TPSA) is 58.3 Å². The Hall–Kier alpha value is -1.22. The molecule has 1 aromatic carbocycles. The van der Waals surface area contributed by atoms with Crippen LogP contribution in [-0.4, -0.2) is 17.8 Å². The van der Waals surface area contributed by atoms with E-state index in [1.54, 1.807) is 0 Å². The lowest BCUT2D eigenvalue weighted by Crippen LogP contribution is -2.26. The van der Waals surface area contributed by atoms with Crippen molar-refractivity contribution in [3.63, 3.8) is 0 Å². The Bertz CT molecular complexity index is 282. The number of aliphatic hydroxyl groups excluding tert-OH is 1.